The van der Waals surface area contributed by atoms with Crippen molar-refractivity contribution in [1.29, 1.82) is 0 Å². The van der Waals surface area contributed by atoms with Gasteiger partial charge >= 0.3 is 0 Å². The Morgan fingerprint density at radius 1 is 1.14 bits per heavy atom. The molecule has 1 aromatic carbocycles. The van der Waals surface area contributed by atoms with E-state index in [-0.39, 0.29) is 16.3 Å². The highest BCUT2D eigenvalue weighted by atomic mass is 32.2. The molecule has 1 amide bonds. The van der Waals surface area contributed by atoms with Crippen LogP contribution in [0.2, 0.25) is 0 Å². The molecule has 158 valence electrons. The molecule has 6 nitrogen and oxygen atoms in total. The van der Waals surface area contributed by atoms with Gasteiger partial charge in [0.2, 0.25) is 10.0 Å². The number of rotatable bonds is 6. The lowest BCUT2D eigenvalue weighted by atomic mass is 9.93. The average Bonchev–Trinajstić information content (AvgIpc) is 2.58. The molecule has 2 N–H and O–H groups in total. The SMILES string of the molecule is CC1CCCN(C(C)(C)CNC(=O)c2ccc(S(=O)(=O)NC(C)(C)C)cc2)C1. The minimum Gasteiger partial charge on any atom is -0.350 e. The van der Waals surface area contributed by atoms with Gasteiger partial charge in [-0.2, -0.15) is 0 Å². The van der Waals surface area contributed by atoms with Gasteiger partial charge < -0.3 is 5.32 Å². The molecule has 0 bridgehead atoms. The summed E-state index contributed by atoms with van der Waals surface area (Å²) in [6, 6.07) is 6.06. The third-order valence-corrected chi connectivity index (χ3v) is 6.84. The van der Waals surface area contributed by atoms with Crippen LogP contribution < -0.4 is 10.0 Å². The molecule has 1 aliphatic heterocycles. The van der Waals surface area contributed by atoms with E-state index in [2.05, 4.69) is 35.7 Å². The highest BCUT2D eigenvalue weighted by molar-refractivity contribution is 7.89. The van der Waals surface area contributed by atoms with Gasteiger partial charge in [0, 0.05) is 29.7 Å². The topological polar surface area (TPSA) is 78.5 Å². The van der Waals surface area contributed by atoms with Crippen LogP contribution in [-0.4, -0.2) is 49.9 Å². The Kier molecular flexibility index (Phi) is 6.94. The van der Waals surface area contributed by atoms with Gasteiger partial charge in [0.1, 0.15) is 0 Å². The fourth-order valence-electron chi connectivity index (χ4n) is 3.50. The zero-order valence-electron chi connectivity index (χ0n) is 18.0. The van der Waals surface area contributed by atoms with Gasteiger partial charge in [-0.25, -0.2) is 13.1 Å². The summed E-state index contributed by atoms with van der Waals surface area (Å²) in [5.74, 6) is 0.491. The van der Waals surface area contributed by atoms with Gasteiger partial charge in [-0.15, -0.1) is 0 Å². The maximum absolute atomic E-state index is 12.5. The molecule has 1 heterocycles. The molecule has 2 rings (SSSR count). The lowest BCUT2D eigenvalue weighted by molar-refractivity contribution is 0.0657. The summed E-state index contributed by atoms with van der Waals surface area (Å²) in [6.45, 7) is 14.6. The monoisotopic (exact) mass is 409 g/mol. The van der Waals surface area contributed by atoms with E-state index in [1.54, 1.807) is 32.9 Å². The minimum absolute atomic E-state index is 0.121. The molecule has 0 aliphatic carbocycles. The molecule has 7 heteroatoms. The summed E-state index contributed by atoms with van der Waals surface area (Å²) >= 11 is 0. The minimum atomic E-state index is -3.60. The van der Waals surface area contributed by atoms with Crippen molar-refractivity contribution >= 4 is 15.9 Å². The smallest absolute Gasteiger partial charge is 0.251 e. The molecule has 28 heavy (non-hydrogen) atoms. The summed E-state index contributed by atoms with van der Waals surface area (Å²) in [7, 11) is -3.60. The Morgan fingerprint density at radius 2 is 1.75 bits per heavy atom. The maximum atomic E-state index is 12.5. The van der Waals surface area contributed by atoms with E-state index in [1.165, 1.54) is 25.0 Å². The van der Waals surface area contributed by atoms with Crippen LogP contribution in [0, 0.1) is 5.92 Å². The number of carbonyl (C=O) groups excluding carboxylic acids is 1. The van der Waals surface area contributed by atoms with Crippen molar-refractivity contribution in [1.82, 2.24) is 14.9 Å². The first-order valence-corrected chi connectivity index (χ1v) is 11.5. The molecule has 1 fully saturated rings. The number of carbonyl (C=O) groups is 1. The number of benzene rings is 1. The van der Waals surface area contributed by atoms with Crippen molar-refractivity contribution in [3.63, 3.8) is 0 Å². The van der Waals surface area contributed by atoms with Crippen LogP contribution in [0.4, 0.5) is 0 Å². The van der Waals surface area contributed by atoms with Crippen molar-refractivity contribution in [3.05, 3.63) is 29.8 Å². The normalized spacial score (nSPS) is 19.4. The van der Waals surface area contributed by atoms with Crippen LogP contribution in [0.25, 0.3) is 0 Å². The molecular weight excluding hydrogens is 374 g/mol. The quantitative estimate of drug-likeness (QED) is 0.757. The Labute approximate surface area is 170 Å². The van der Waals surface area contributed by atoms with Crippen LogP contribution in [0.1, 0.15) is 64.7 Å². The second-order valence-electron chi connectivity index (χ2n) is 9.57. The third-order valence-electron chi connectivity index (χ3n) is 5.06. The van der Waals surface area contributed by atoms with E-state index in [1.807, 2.05) is 0 Å². The fourth-order valence-corrected chi connectivity index (χ4v) is 4.92. The predicted molar refractivity (Wildman–Crippen MR) is 113 cm³/mol. The van der Waals surface area contributed by atoms with Crippen LogP contribution in [0.15, 0.2) is 29.2 Å². The van der Waals surface area contributed by atoms with E-state index in [4.69, 9.17) is 0 Å². The summed E-state index contributed by atoms with van der Waals surface area (Å²) in [5, 5.41) is 3.00. The lowest BCUT2D eigenvalue weighted by Crippen LogP contribution is -2.54. The molecule has 0 aromatic heterocycles. The largest absolute Gasteiger partial charge is 0.350 e. The van der Waals surface area contributed by atoms with Gasteiger partial charge in [0.25, 0.3) is 5.91 Å². The van der Waals surface area contributed by atoms with E-state index in [0.717, 1.165) is 13.1 Å². The van der Waals surface area contributed by atoms with Gasteiger partial charge in [-0.1, -0.05) is 6.92 Å². The standard InChI is InChI=1S/C21H35N3O3S/c1-16-8-7-13-24(14-16)21(5,6)15-22-19(25)17-9-11-18(12-10-17)28(26,27)23-20(2,3)4/h9-12,16,23H,7-8,13-15H2,1-6H3,(H,22,25). The van der Waals surface area contributed by atoms with Gasteiger partial charge in [-0.05, 0) is 84.2 Å². The summed E-state index contributed by atoms with van der Waals surface area (Å²) in [6.07, 6.45) is 2.45. The van der Waals surface area contributed by atoms with Crippen molar-refractivity contribution in [2.75, 3.05) is 19.6 Å². The molecule has 1 aliphatic rings. The second kappa shape index (κ2) is 8.51. The first-order chi connectivity index (χ1) is 12.8. The number of likely N-dealkylation sites (tertiary alicyclic amines) is 1. The summed E-state index contributed by atoms with van der Waals surface area (Å²) < 4.78 is 27.4. The Morgan fingerprint density at radius 3 is 2.29 bits per heavy atom. The average molecular weight is 410 g/mol. The number of piperidine rings is 1. The van der Waals surface area contributed by atoms with Crippen LogP contribution in [-0.2, 0) is 10.0 Å². The molecule has 1 saturated heterocycles. The van der Waals surface area contributed by atoms with Gasteiger partial charge in [-0.3, -0.25) is 9.69 Å². The van der Waals surface area contributed by atoms with Crippen molar-refractivity contribution in [2.45, 2.75) is 70.4 Å². The predicted octanol–water partition coefficient (Wildman–Crippen LogP) is 3.00. The number of amides is 1. The molecule has 0 radical (unpaired) electrons. The van der Waals surface area contributed by atoms with Crippen molar-refractivity contribution in [2.24, 2.45) is 5.92 Å². The molecule has 1 atom stereocenters. The molecule has 0 saturated carbocycles. The summed E-state index contributed by atoms with van der Waals surface area (Å²) in [5.41, 5.74) is -0.228. The third kappa shape index (κ3) is 6.29. The van der Waals surface area contributed by atoms with Crippen LogP contribution in [0.5, 0.6) is 0 Å². The first kappa shape index (κ1) is 22.8. The Bertz CT molecular complexity index is 780. The number of nitrogens with zero attached hydrogens (tertiary/aromatic N) is 1. The van der Waals surface area contributed by atoms with E-state index >= 15 is 0 Å². The molecule has 1 aromatic rings. The van der Waals surface area contributed by atoms with Gasteiger partial charge in [0.15, 0.2) is 0 Å². The van der Waals surface area contributed by atoms with Crippen molar-refractivity contribution in [3.8, 4) is 0 Å². The van der Waals surface area contributed by atoms with E-state index in [0.29, 0.717) is 18.0 Å². The molecular formula is C21H35N3O3S. The highest BCUT2D eigenvalue weighted by Gasteiger charge is 2.30. The zero-order chi connectivity index (χ0) is 21.2. The number of sulfonamides is 1. The Hall–Kier alpha value is -1.44. The molecule has 1 unspecified atom stereocenters. The second-order valence-corrected chi connectivity index (χ2v) is 11.3. The fraction of sp³-hybridized carbons (Fsp3) is 0.667. The first-order valence-electron chi connectivity index (χ1n) is 9.97. The number of nitrogens with one attached hydrogen (secondary N) is 2. The lowest BCUT2D eigenvalue weighted by Gasteiger charge is -2.43. The van der Waals surface area contributed by atoms with Crippen LogP contribution >= 0.6 is 0 Å². The maximum Gasteiger partial charge on any atom is 0.251 e. The van der Waals surface area contributed by atoms with Crippen molar-refractivity contribution < 1.29 is 13.2 Å². The highest BCUT2D eigenvalue weighted by Crippen LogP contribution is 2.23. The number of hydrogen-bond donors (Lipinski definition) is 2. The van der Waals surface area contributed by atoms with Gasteiger partial charge in [0.05, 0.1) is 4.90 Å². The van der Waals surface area contributed by atoms with E-state index < -0.39 is 15.6 Å². The summed E-state index contributed by atoms with van der Waals surface area (Å²) in [4.78, 5) is 15.1. The van der Waals surface area contributed by atoms with Crippen LogP contribution in [0.3, 0.4) is 0 Å². The molecule has 0 spiro atoms. The number of hydrogen-bond acceptors (Lipinski definition) is 4. The zero-order valence-corrected chi connectivity index (χ0v) is 18.8. The Balaban J connectivity index is 1.99. The van der Waals surface area contributed by atoms with E-state index in [9.17, 15) is 13.2 Å².